The van der Waals surface area contributed by atoms with Gasteiger partial charge in [0.2, 0.25) is 0 Å². The van der Waals surface area contributed by atoms with Gasteiger partial charge in [0.1, 0.15) is 0 Å². The van der Waals surface area contributed by atoms with E-state index < -0.39 is 0 Å². The summed E-state index contributed by atoms with van der Waals surface area (Å²) in [6, 6.07) is 12.0. The van der Waals surface area contributed by atoms with Gasteiger partial charge in [-0.2, -0.15) is 0 Å². The van der Waals surface area contributed by atoms with Crippen molar-refractivity contribution in [2.24, 2.45) is 0 Å². The van der Waals surface area contributed by atoms with Gasteiger partial charge in [0, 0.05) is 0 Å². The van der Waals surface area contributed by atoms with Gasteiger partial charge < -0.3 is 12.4 Å². The Bertz CT molecular complexity index is 202. The molecule has 1 aromatic carbocycles. The topological polar surface area (TPSA) is 31.4 Å². The second-order valence-corrected chi connectivity index (χ2v) is 2.38. The predicted octanol–water partition coefficient (Wildman–Crippen LogP) is -0.213. The summed E-state index contributed by atoms with van der Waals surface area (Å²) in [5.74, 6) is 0. The first kappa shape index (κ1) is 15.2. The van der Waals surface area contributed by atoms with Crippen LogP contribution < -0.4 is 12.4 Å². The van der Waals surface area contributed by atoms with Crippen molar-refractivity contribution in [3.63, 3.8) is 0 Å². The molecule has 0 aliphatic carbocycles. The minimum Gasteiger partial charge on any atom is -1.00 e. The van der Waals surface area contributed by atoms with Crippen molar-refractivity contribution in [1.29, 1.82) is 5.39 Å². The minimum absolute atomic E-state index is 0. The zero-order chi connectivity index (χ0) is 9.94. The van der Waals surface area contributed by atoms with Gasteiger partial charge in [-0.15, -0.1) is 0 Å². The van der Waals surface area contributed by atoms with Crippen molar-refractivity contribution in [3.8, 4) is 0 Å². The fourth-order valence-electron chi connectivity index (χ4n) is 0.735. The Kier molecular flexibility index (Phi) is 12.7. The fraction of sp³-hybridized carbons (Fsp3) is 0.400. The zero-order valence-corrected chi connectivity index (χ0v) is 9.35. The number of diazo groups is 1. The summed E-state index contributed by atoms with van der Waals surface area (Å²) in [5, 5.41) is 12.6. The molecule has 0 N–H and O–H groups in total. The maximum absolute atomic E-state index is 8.08. The van der Waals surface area contributed by atoms with Crippen molar-refractivity contribution >= 4 is 0 Å². The van der Waals surface area contributed by atoms with Crippen LogP contribution in [0.1, 0.15) is 13.8 Å². The molecular weight excluding hydrogens is 198 g/mol. The van der Waals surface area contributed by atoms with Crippen LogP contribution in [0.2, 0.25) is 0 Å². The first-order chi connectivity index (χ1) is 6.35. The number of halogens is 1. The Balaban J connectivity index is 0. The second-order valence-electron chi connectivity index (χ2n) is 2.38. The summed E-state index contributed by atoms with van der Waals surface area (Å²) in [6.07, 6.45) is 0. The molecular formula is C10H16ClN3. The highest BCUT2D eigenvalue weighted by Crippen LogP contribution is 1.83. The van der Waals surface area contributed by atoms with Crippen molar-refractivity contribution in [2.75, 3.05) is 13.1 Å². The zero-order valence-electron chi connectivity index (χ0n) is 8.60. The number of hydrogen-bond donors (Lipinski definition) is 0. The molecule has 4 heteroatoms. The lowest BCUT2D eigenvalue weighted by atomic mass is 10.4. The van der Waals surface area contributed by atoms with E-state index in [0.717, 1.165) is 13.1 Å². The molecule has 0 aliphatic rings. The number of rotatable bonds is 2. The Morgan fingerprint density at radius 3 is 1.29 bits per heavy atom. The van der Waals surface area contributed by atoms with Crippen molar-refractivity contribution in [3.05, 3.63) is 41.5 Å². The Labute approximate surface area is 91.7 Å². The lowest BCUT2D eigenvalue weighted by Crippen LogP contribution is -3.00. The summed E-state index contributed by atoms with van der Waals surface area (Å²) in [4.78, 5) is 0. The van der Waals surface area contributed by atoms with E-state index in [0.29, 0.717) is 0 Å². The SMILES string of the molecule is CCN(CC)[N+]#N.[Cl-].c1ccccc1. The normalized spacial score (nSPS) is 7.21. The van der Waals surface area contributed by atoms with E-state index in [1.807, 2.05) is 50.2 Å². The molecule has 3 nitrogen and oxygen atoms in total. The van der Waals surface area contributed by atoms with Crippen LogP contribution in [0.5, 0.6) is 0 Å². The monoisotopic (exact) mass is 213 g/mol. The van der Waals surface area contributed by atoms with Gasteiger partial charge in [-0.25, -0.2) is 0 Å². The molecule has 1 aromatic rings. The third kappa shape index (κ3) is 8.82. The highest BCUT2D eigenvalue weighted by Gasteiger charge is 2.02. The van der Waals surface area contributed by atoms with E-state index in [1.165, 1.54) is 0 Å². The van der Waals surface area contributed by atoms with Crippen molar-refractivity contribution in [2.45, 2.75) is 13.8 Å². The number of nitrogens with zero attached hydrogens (tertiary/aromatic N) is 3. The third-order valence-corrected chi connectivity index (χ3v) is 1.52. The summed E-state index contributed by atoms with van der Waals surface area (Å²) >= 11 is 0. The molecule has 0 heterocycles. The van der Waals surface area contributed by atoms with Crippen LogP contribution in [0.25, 0.3) is 5.08 Å². The van der Waals surface area contributed by atoms with Crippen LogP contribution in [0.15, 0.2) is 36.4 Å². The molecule has 14 heavy (non-hydrogen) atoms. The van der Waals surface area contributed by atoms with Gasteiger partial charge in [-0.05, 0) is 18.9 Å². The predicted molar refractivity (Wildman–Crippen MR) is 54.4 cm³/mol. The molecule has 0 aliphatic heterocycles. The van der Waals surface area contributed by atoms with Gasteiger partial charge in [0.05, 0.1) is 13.1 Å². The largest absolute Gasteiger partial charge is 1.00 e. The standard InChI is InChI=1S/C6H6.C4H10N3.ClH/c1-2-4-6-5-3-1;1-3-7(4-2)6-5;/h1-6H;3-4H2,1-2H3;1H/q;+1;/p-1. The van der Waals surface area contributed by atoms with Crippen LogP contribution in [0.3, 0.4) is 0 Å². The van der Waals surface area contributed by atoms with E-state index in [-0.39, 0.29) is 12.4 Å². The van der Waals surface area contributed by atoms with Gasteiger partial charge >= 0.3 is 5.08 Å². The van der Waals surface area contributed by atoms with Gasteiger partial charge in [-0.3, -0.25) is 0 Å². The maximum Gasteiger partial charge on any atom is 0.305 e. The average Bonchev–Trinajstić information content (AvgIpc) is 2.24. The molecule has 0 aromatic heterocycles. The Morgan fingerprint density at radius 2 is 1.21 bits per heavy atom. The molecule has 0 saturated heterocycles. The van der Waals surface area contributed by atoms with E-state index in [9.17, 15) is 0 Å². The molecule has 0 unspecified atom stereocenters. The highest BCUT2D eigenvalue weighted by molar-refractivity contribution is 4.99. The second kappa shape index (κ2) is 11.7. The Hall–Kier alpha value is -1.27. The summed E-state index contributed by atoms with van der Waals surface area (Å²) in [6.45, 7) is 5.41. The van der Waals surface area contributed by atoms with Gasteiger partial charge in [-0.1, -0.05) is 36.4 Å². The number of hydrogen-bond acceptors (Lipinski definition) is 2. The third-order valence-electron chi connectivity index (χ3n) is 1.52. The lowest BCUT2D eigenvalue weighted by Gasteiger charge is -1.90. The van der Waals surface area contributed by atoms with E-state index in [1.54, 1.807) is 5.01 Å². The van der Waals surface area contributed by atoms with Crippen LogP contribution in [0.4, 0.5) is 0 Å². The maximum atomic E-state index is 8.08. The van der Waals surface area contributed by atoms with Gasteiger partial charge in [0.25, 0.3) is 5.39 Å². The summed E-state index contributed by atoms with van der Waals surface area (Å²) in [7, 11) is 0. The fourth-order valence-corrected chi connectivity index (χ4v) is 0.735. The van der Waals surface area contributed by atoms with E-state index in [4.69, 9.17) is 5.39 Å². The van der Waals surface area contributed by atoms with Crippen molar-refractivity contribution < 1.29 is 12.4 Å². The molecule has 0 atom stereocenters. The molecule has 78 valence electrons. The van der Waals surface area contributed by atoms with E-state index in [2.05, 4.69) is 5.08 Å². The van der Waals surface area contributed by atoms with Crippen LogP contribution in [0, 0.1) is 5.39 Å². The smallest absolute Gasteiger partial charge is 0.305 e. The first-order valence-corrected chi connectivity index (χ1v) is 4.45. The summed E-state index contributed by atoms with van der Waals surface area (Å²) in [5.41, 5.74) is 0. The lowest BCUT2D eigenvalue weighted by molar-refractivity contribution is -0.00000314. The molecule has 0 spiro atoms. The Morgan fingerprint density at radius 1 is 0.929 bits per heavy atom. The average molecular weight is 214 g/mol. The number of benzene rings is 1. The highest BCUT2D eigenvalue weighted by atomic mass is 35.5. The van der Waals surface area contributed by atoms with Crippen molar-refractivity contribution in [1.82, 2.24) is 5.01 Å². The summed E-state index contributed by atoms with van der Waals surface area (Å²) < 4.78 is 0. The molecule has 0 saturated carbocycles. The molecule has 0 radical (unpaired) electrons. The van der Waals surface area contributed by atoms with E-state index >= 15 is 0 Å². The van der Waals surface area contributed by atoms with Crippen LogP contribution >= 0.6 is 0 Å². The minimum atomic E-state index is 0. The quantitative estimate of drug-likeness (QED) is 0.503. The first-order valence-electron chi connectivity index (χ1n) is 4.45. The molecule has 0 fully saturated rings. The van der Waals surface area contributed by atoms with Gasteiger partial charge in [0.15, 0.2) is 0 Å². The molecule has 0 amide bonds. The van der Waals surface area contributed by atoms with Crippen LogP contribution in [-0.2, 0) is 0 Å². The molecule has 1 rings (SSSR count). The van der Waals surface area contributed by atoms with Crippen LogP contribution in [-0.4, -0.2) is 18.1 Å². The molecule has 0 bridgehead atoms.